The molecule has 0 unspecified atom stereocenters. The smallest absolute Gasteiger partial charge is 0.358 e. The summed E-state index contributed by atoms with van der Waals surface area (Å²) in [6.45, 7) is 1.11. The zero-order valence-electron chi connectivity index (χ0n) is 34.8. The van der Waals surface area contributed by atoms with Gasteiger partial charge in [-0.05, 0) is 85.6 Å². The maximum atomic E-state index is 12.9. The van der Waals surface area contributed by atoms with Gasteiger partial charge in [-0.15, -0.1) is 30.7 Å². The molecule has 0 aliphatic carbocycles. The van der Waals surface area contributed by atoms with E-state index < -0.39 is 107 Å². The van der Waals surface area contributed by atoms with Gasteiger partial charge in [0.05, 0.1) is 38.8 Å². The Hall–Kier alpha value is -7.56. The molecule has 0 spiro atoms. The summed E-state index contributed by atoms with van der Waals surface area (Å²) < 4.78 is 144. The number of aromatic carboxylic acids is 1. The highest BCUT2D eigenvalue weighted by Gasteiger charge is 2.29. The van der Waals surface area contributed by atoms with Crippen molar-refractivity contribution < 1.29 is 81.5 Å². The monoisotopic (exact) mass is 1060 g/mol. The van der Waals surface area contributed by atoms with Crippen LogP contribution in [0.15, 0.2) is 118 Å². The summed E-state index contributed by atoms with van der Waals surface area (Å²) in [6, 6.07) is 13.7. The molecule has 2 heterocycles. The van der Waals surface area contributed by atoms with E-state index in [4.69, 9.17) is 4.74 Å². The lowest BCUT2D eigenvalue weighted by Gasteiger charge is -2.13. The number of aromatic nitrogens is 3. The fourth-order valence-electron chi connectivity index (χ4n) is 6.32. The van der Waals surface area contributed by atoms with E-state index in [0.29, 0.717) is 27.3 Å². The second kappa shape index (κ2) is 19.1. The molecular formula is C38H29N9O18S5. The van der Waals surface area contributed by atoms with Crippen molar-refractivity contribution in [3.05, 3.63) is 89.6 Å². The molecule has 0 fully saturated rings. The molecule has 32 heteroatoms. The number of carboxylic acid groups (broad SMARTS) is 1. The first-order chi connectivity index (χ1) is 32.7. The highest BCUT2D eigenvalue weighted by Crippen LogP contribution is 2.47. The number of thiazole rings is 1. The number of hydrogen-bond donors (Lipinski definition) is 7. The van der Waals surface area contributed by atoms with Crippen molar-refractivity contribution >= 4 is 119 Å². The van der Waals surface area contributed by atoms with Crippen LogP contribution < -0.4 is 4.74 Å². The number of aldehydes is 1. The van der Waals surface area contributed by atoms with Crippen LogP contribution in [0.3, 0.4) is 0 Å². The molecule has 0 bridgehead atoms. The molecule has 2 aromatic heterocycles. The van der Waals surface area contributed by atoms with E-state index in [2.05, 4.69) is 40.8 Å². The Bertz CT molecular complexity index is 3870. The van der Waals surface area contributed by atoms with E-state index in [1.54, 1.807) is 0 Å². The largest absolute Gasteiger partial charge is 0.505 e. The maximum absolute atomic E-state index is 12.9. The van der Waals surface area contributed by atoms with Crippen molar-refractivity contribution in [2.24, 2.45) is 30.7 Å². The Balaban J connectivity index is 1.30. The third-order valence-corrected chi connectivity index (χ3v) is 13.9. The molecule has 7 N–H and O–H groups in total. The van der Waals surface area contributed by atoms with Gasteiger partial charge < -0.3 is 20.1 Å². The molecular weight excluding hydrogens is 1030 g/mol. The van der Waals surface area contributed by atoms with Crippen molar-refractivity contribution in [1.29, 1.82) is 0 Å². The molecule has 0 amide bonds. The fourth-order valence-corrected chi connectivity index (χ4v) is 9.68. The summed E-state index contributed by atoms with van der Waals surface area (Å²) in [4.78, 5) is 24.5. The minimum Gasteiger partial charge on any atom is -0.505 e. The van der Waals surface area contributed by atoms with Gasteiger partial charge in [0, 0.05) is 22.4 Å². The summed E-state index contributed by atoms with van der Waals surface area (Å²) in [5, 5.41) is 58.0. The molecule has 364 valence electrons. The number of carbonyl (C=O) groups is 2. The van der Waals surface area contributed by atoms with E-state index in [1.165, 1.54) is 55.5 Å². The topological polar surface area (TPSA) is 426 Å². The van der Waals surface area contributed by atoms with Crippen LogP contribution in [0, 0.1) is 6.92 Å². The zero-order chi connectivity index (χ0) is 51.1. The van der Waals surface area contributed by atoms with E-state index >= 15 is 0 Å². The molecule has 0 saturated heterocycles. The Morgan fingerprint density at radius 1 is 0.743 bits per heavy atom. The first kappa shape index (κ1) is 50.3. The number of carboxylic acids is 1. The van der Waals surface area contributed by atoms with Gasteiger partial charge in [-0.2, -0.15) is 43.5 Å². The summed E-state index contributed by atoms with van der Waals surface area (Å²) in [6.07, 6.45) is 0.255. The van der Waals surface area contributed by atoms with E-state index in [1.807, 2.05) is 0 Å². The molecule has 27 nitrogen and oxygen atoms in total. The molecule has 0 aliphatic heterocycles. The summed E-state index contributed by atoms with van der Waals surface area (Å²) >= 11 is 0.915. The SMILES string of the molecule is Cc1cc(N=Nc2c(S(=O)(=O)O)cc3c(S(=O)(=O)O)c(N=Nc4c(C(=O)O)nn(-c5ccc(C=O)cc5)c4O)ccc3c2O)c(OCCCS(=O)(=O)O)cc1N=Nc1nc2ccc(S(=O)(=O)O)cc2s1. The number of phenols is 1. The molecule has 7 aromatic rings. The van der Waals surface area contributed by atoms with Crippen molar-refractivity contribution in [3.8, 4) is 23.1 Å². The Labute approximate surface area is 396 Å². The first-order valence-electron chi connectivity index (χ1n) is 19.0. The number of benzene rings is 5. The third-order valence-electron chi connectivity index (χ3n) is 9.50. The Morgan fingerprint density at radius 2 is 1.41 bits per heavy atom. The minimum atomic E-state index is -5.51. The molecule has 5 aromatic carbocycles. The molecule has 0 atom stereocenters. The van der Waals surface area contributed by atoms with E-state index in [-0.39, 0.29) is 57.0 Å². The maximum Gasteiger partial charge on any atom is 0.358 e. The fraction of sp³-hybridized carbons (Fsp3) is 0.105. The summed E-state index contributed by atoms with van der Waals surface area (Å²) in [7, 11) is -20.0. The number of rotatable bonds is 17. The summed E-state index contributed by atoms with van der Waals surface area (Å²) in [5.41, 5.74) is -2.84. The van der Waals surface area contributed by atoms with Gasteiger partial charge in [0.25, 0.3) is 40.5 Å². The lowest BCUT2D eigenvalue weighted by atomic mass is 10.1. The van der Waals surface area contributed by atoms with Crippen LogP contribution >= 0.6 is 11.3 Å². The molecule has 0 aliphatic rings. The van der Waals surface area contributed by atoms with Gasteiger partial charge in [-0.3, -0.25) is 23.0 Å². The molecule has 0 saturated carbocycles. The molecule has 7 rings (SSSR count). The minimum absolute atomic E-state index is 0.0390. The standard InChI is InChI=1S/C38H29N9O18S5/c1-18-13-27(28(65-11-2-12-67(53,54)55)16-26(18)41-45-38-39-24-9-7-21(68(56,57)58)14-29(24)66-38)42-43-31-30(69(59,60)61)15-23-22(34(31)49)8-10-25(35(23)70(62,63)64)40-44-32-33(37(51)52)46-47(36(32)50)20-5-3-19(17-48)4-6-20/h3-10,13-17,49-50H,2,11-12H2,1H3,(H,51,52)(H,53,54,55)(H,56,57,58)(H,59,60,61)(H,62,63,64). The van der Waals surface area contributed by atoms with Gasteiger partial charge in [0.1, 0.15) is 38.9 Å². The second-order valence-corrected chi connectivity index (χ2v) is 21.0. The van der Waals surface area contributed by atoms with E-state index in [0.717, 1.165) is 29.5 Å². The van der Waals surface area contributed by atoms with Gasteiger partial charge in [0.15, 0.2) is 11.4 Å². The zero-order valence-corrected chi connectivity index (χ0v) is 38.9. The predicted molar refractivity (Wildman–Crippen MR) is 242 cm³/mol. The second-order valence-electron chi connectivity index (χ2n) is 14.3. The predicted octanol–water partition coefficient (Wildman–Crippen LogP) is 7.51. The van der Waals surface area contributed by atoms with Crippen LogP contribution in [0.25, 0.3) is 26.7 Å². The quantitative estimate of drug-likeness (QED) is 0.0201. The van der Waals surface area contributed by atoms with Crippen LogP contribution in [0.2, 0.25) is 0 Å². The lowest BCUT2D eigenvalue weighted by molar-refractivity contribution is 0.0690. The van der Waals surface area contributed by atoms with Crippen LogP contribution in [-0.2, 0) is 40.5 Å². The number of hydrogen-bond acceptors (Lipinski definition) is 22. The average molecular weight is 1060 g/mol. The van der Waals surface area contributed by atoms with Crippen molar-refractivity contribution in [3.63, 3.8) is 0 Å². The number of aromatic hydroxyl groups is 2. The Kier molecular flexibility index (Phi) is 13.7. The van der Waals surface area contributed by atoms with Gasteiger partial charge in [0.2, 0.25) is 16.7 Å². The van der Waals surface area contributed by atoms with E-state index in [9.17, 15) is 76.8 Å². The van der Waals surface area contributed by atoms with Crippen LogP contribution in [-0.4, -0.2) is 107 Å². The average Bonchev–Trinajstić information content (AvgIpc) is 3.84. The van der Waals surface area contributed by atoms with Gasteiger partial charge in [-0.1, -0.05) is 11.3 Å². The number of phenolic OH excluding ortho intramolecular Hbond substituents is 1. The van der Waals surface area contributed by atoms with Crippen molar-refractivity contribution in [2.45, 2.75) is 28.0 Å². The highest BCUT2D eigenvalue weighted by atomic mass is 32.2. The molecule has 70 heavy (non-hydrogen) atoms. The number of aryl methyl sites for hydroxylation is 1. The number of azo groups is 3. The molecule has 0 radical (unpaired) electrons. The van der Waals surface area contributed by atoms with Crippen LogP contribution in [0.1, 0.15) is 32.8 Å². The number of nitrogens with zero attached hydrogens (tertiary/aromatic N) is 9. The summed E-state index contributed by atoms with van der Waals surface area (Å²) in [5.74, 6) is -4.76. The normalized spacial score (nSPS) is 12.8. The highest BCUT2D eigenvalue weighted by molar-refractivity contribution is 7.86. The third kappa shape index (κ3) is 11.0. The lowest BCUT2D eigenvalue weighted by Crippen LogP contribution is -2.08. The van der Waals surface area contributed by atoms with Crippen LogP contribution in [0.5, 0.6) is 17.4 Å². The van der Waals surface area contributed by atoms with Crippen LogP contribution in [0.4, 0.5) is 33.6 Å². The number of ether oxygens (including phenoxy) is 1. The number of carbonyl (C=O) groups excluding carboxylic acids is 1. The first-order valence-corrected chi connectivity index (χ1v) is 25.7. The van der Waals surface area contributed by atoms with Crippen molar-refractivity contribution in [1.82, 2.24) is 14.8 Å². The number of fused-ring (bicyclic) bond motifs is 2. The van der Waals surface area contributed by atoms with Gasteiger partial charge in [-0.25, -0.2) is 9.78 Å². The Morgan fingerprint density at radius 3 is 2.04 bits per heavy atom. The van der Waals surface area contributed by atoms with Gasteiger partial charge >= 0.3 is 5.97 Å². The van der Waals surface area contributed by atoms with Crippen molar-refractivity contribution in [2.75, 3.05) is 12.4 Å².